The van der Waals surface area contributed by atoms with Gasteiger partial charge < -0.3 is 24.3 Å². The summed E-state index contributed by atoms with van der Waals surface area (Å²) in [4.78, 5) is 23.7. The lowest BCUT2D eigenvalue weighted by molar-refractivity contribution is -0.118. The van der Waals surface area contributed by atoms with Gasteiger partial charge in [-0.1, -0.05) is 0 Å². The van der Waals surface area contributed by atoms with Crippen molar-refractivity contribution in [3.05, 3.63) is 48.0 Å². The fraction of sp³-hybridized carbons (Fsp3) is 0.263. The summed E-state index contributed by atoms with van der Waals surface area (Å²) in [5, 5.41) is 2.71. The molecule has 2 rings (SSSR count). The van der Waals surface area contributed by atoms with Crippen LogP contribution in [0.15, 0.2) is 42.5 Å². The molecule has 0 saturated carbocycles. The van der Waals surface area contributed by atoms with E-state index in [1.807, 2.05) is 0 Å². The summed E-state index contributed by atoms with van der Waals surface area (Å²) in [6, 6.07) is 11.4. The average molecular weight is 359 g/mol. The molecule has 1 N–H and O–H groups in total. The SMILES string of the molecule is CCOC(=O)c1ccc(OCC(=O)Nc2ccc(OC)cc2OC)cc1. The molecule has 0 radical (unpaired) electrons. The van der Waals surface area contributed by atoms with Crippen LogP contribution >= 0.6 is 0 Å². The maximum atomic E-state index is 12.1. The summed E-state index contributed by atoms with van der Waals surface area (Å²) < 4.78 is 20.7. The second-order valence-electron chi connectivity index (χ2n) is 5.15. The Hall–Kier alpha value is -3.22. The third-order valence-electron chi connectivity index (χ3n) is 3.42. The molecule has 7 nitrogen and oxygen atoms in total. The van der Waals surface area contributed by atoms with Crippen molar-refractivity contribution in [3.63, 3.8) is 0 Å². The van der Waals surface area contributed by atoms with Crippen LogP contribution in [-0.4, -0.2) is 39.3 Å². The predicted octanol–water partition coefficient (Wildman–Crippen LogP) is 2.90. The van der Waals surface area contributed by atoms with Gasteiger partial charge in [0.1, 0.15) is 17.2 Å². The van der Waals surface area contributed by atoms with Crippen LogP contribution in [0.4, 0.5) is 5.69 Å². The lowest BCUT2D eigenvalue weighted by atomic mass is 10.2. The van der Waals surface area contributed by atoms with Gasteiger partial charge in [-0.25, -0.2) is 4.79 Å². The number of esters is 1. The zero-order valence-corrected chi connectivity index (χ0v) is 14.9. The fourth-order valence-corrected chi connectivity index (χ4v) is 2.14. The van der Waals surface area contributed by atoms with E-state index in [9.17, 15) is 9.59 Å². The molecule has 26 heavy (non-hydrogen) atoms. The number of rotatable bonds is 8. The minimum Gasteiger partial charge on any atom is -0.497 e. The average Bonchev–Trinajstić information content (AvgIpc) is 2.67. The van der Waals surface area contributed by atoms with Crippen molar-refractivity contribution in [2.45, 2.75) is 6.92 Å². The molecule has 7 heteroatoms. The van der Waals surface area contributed by atoms with Crippen molar-refractivity contribution >= 4 is 17.6 Å². The molecule has 2 aromatic rings. The van der Waals surface area contributed by atoms with E-state index >= 15 is 0 Å². The molecular formula is C19H21NO6. The van der Waals surface area contributed by atoms with E-state index in [4.69, 9.17) is 18.9 Å². The van der Waals surface area contributed by atoms with Crippen molar-refractivity contribution in [2.75, 3.05) is 32.8 Å². The van der Waals surface area contributed by atoms with Crippen LogP contribution in [0.2, 0.25) is 0 Å². The highest BCUT2D eigenvalue weighted by Gasteiger charge is 2.10. The highest BCUT2D eigenvalue weighted by atomic mass is 16.5. The zero-order valence-electron chi connectivity index (χ0n) is 14.9. The van der Waals surface area contributed by atoms with Gasteiger partial charge in [0.2, 0.25) is 0 Å². The number of methoxy groups -OCH3 is 2. The van der Waals surface area contributed by atoms with Gasteiger partial charge in [0, 0.05) is 6.07 Å². The molecule has 0 saturated heterocycles. The molecule has 0 aliphatic rings. The van der Waals surface area contributed by atoms with Crippen molar-refractivity contribution in [1.82, 2.24) is 0 Å². The Morgan fingerprint density at radius 2 is 1.65 bits per heavy atom. The number of anilines is 1. The molecule has 0 aromatic heterocycles. The molecule has 138 valence electrons. The van der Waals surface area contributed by atoms with Crippen LogP contribution in [-0.2, 0) is 9.53 Å². The Morgan fingerprint density at radius 3 is 2.27 bits per heavy atom. The summed E-state index contributed by atoms with van der Waals surface area (Å²) in [6.45, 7) is 1.87. The van der Waals surface area contributed by atoms with E-state index in [0.717, 1.165) is 0 Å². The highest BCUT2D eigenvalue weighted by Crippen LogP contribution is 2.28. The Morgan fingerprint density at radius 1 is 0.962 bits per heavy atom. The normalized spacial score (nSPS) is 9.96. The van der Waals surface area contributed by atoms with Crippen molar-refractivity contribution in [2.24, 2.45) is 0 Å². The van der Waals surface area contributed by atoms with Crippen LogP contribution in [0, 0.1) is 0 Å². The topological polar surface area (TPSA) is 83.1 Å². The van der Waals surface area contributed by atoms with Crippen LogP contribution in [0.1, 0.15) is 17.3 Å². The van der Waals surface area contributed by atoms with Gasteiger partial charge in [-0.3, -0.25) is 4.79 Å². The van der Waals surface area contributed by atoms with Crippen LogP contribution < -0.4 is 19.5 Å². The Balaban J connectivity index is 1.92. The number of carbonyl (C=O) groups is 2. The van der Waals surface area contributed by atoms with Crippen molar-refractivity contribution in [3.8, 4) is 17.2 Å². The van der Waals surface area contributed by atoms with Gasteiger partial charge in [0.25, 0.3) is 5.91 Å². The lowest BCUT2D eigenvalue weighted by Crippen LogP contribution is -2.20. The van der Waals surface area contributed by atoms with Gasteiger partial charge in [-0.05, 0) is 43.3 Å². The third kappa shape index (κ3) is 5.14. The van der Waals surface area contributed by atoms with E-state index in [0.29, 0.717) is 35.1 Å². The molecule has 0 bridgehead atoms. The van der Waals surface area contributed by atoms with Gasteiger partial charge in [0.15, 0.2) is 6.61 Å². The quantitative estimate of drug-likeness (QED) is 0.730. The van der Waals surface area contributed by atoms with E-state index in [1.54, 1.807) is 56.5 Å². The summed E-state index contributed by atoms with van der Waals surface area (Å²) in [5.74, 6) is 0.829. The Labute approximate surface area is 151 Å². The molecule has 0 fully saturated rings. The van der Waals surface area contributed by atoms with Gasteiger partial charge in [0.05, 0.1) is 32.1 Å². The summed E-state index contributed by atoms with van der Waals surface area (Å²) in [5.41, 5.74) is 0.936. The molecule has 0 atom stereocenters. The Kier molecular flexibility index (Phi) is 6.84. The monoisotopic (exact) mass is 359 g/mol. The summed E-state index contributed by atoms with van der Waals surface area (Å²) >= 11 is 0. The van der Waals surface area contributed by atoms with Crippen LogP contribution in [0.3, 0.4) is 0 Å². The molecule has 0 aliphatic heterocycles. The molecule has 0 aliphatic carbocycles. The van der Waals surface area contributed by atoms with Crippen molar-refractivity contribution < 1.29 is 28.5 Å². The zero-order chi connectivity index (χ0) is 18.9. The first-order valence-electron chi connectivity index (χ1n) is 7.99. The molecule has 0 spiro atoms. The standard InChI is InChI=1S/C19H21NO6/c1-4-25-19(22)13-5-7-14(8-6-13)26-12-18(21)20-16-10-9-15(23-2)11-17(16)24-3/h5-11H,4,12H2,1-3H3,(H,20,21). The minimum absolute atomic E-state index is 0.187. The van der Waals surface area contributed by atoms with E-state index < -0.39 is 5.97 Å². The van der Waals surface area contributed by atoms with Gasteiger partial charge >= 0.3 is 5.97 Å². The molecule has 1 amide bonds. The number of nitrogens with one attached hydrogen (secondary N) is 1. The summed E-state index contributed by atoms with van der Waals surface area (Å²) in [6.07, 6.45) is 0. The Bertz CT molecular complexity index is 757. The van der Waals surface area contributed by atoms with Crippen molar-refractivity contribution in [1.29, 1.82) is 0 Å². The largest absolute Gasteiger partial charge is 0.497 e. The predicted molar refractivity (Wildman–Crippen MR) is 96.1 cm³/mol. The first kappa shape index (κ1) is 19.1. The molecular weight excluding hydrogens is 338 g/mol. The molecule has 0 heterocycles. The number of carbonyl (C=O) groups excluding carboxylic acids is 2. The van der Waals surface area contributed by atoms with Gasteiger partial charge in [-0.15, -0.1) is 0 Å². The number of hydrogen-bond donors (Lipinski definition) is 1. The second kappa shape index (κ2) is 9.31. The maximum Gasteiger partial charge on any atom is 0.338 e. The maximum absolute atomic E-state index is 12.1. The smallest absolute Gasteiger partial charge is 0.338 e. The van der Waals surface area contributed by atoms with E-state index in [1.165, 1.54) is 7.11 Å². The number of ether oxygens (including phenoxy) is 4. The van der Waals surface area contributed by atoms with E-state index in [-0.39, 0.29) is 12.5 Å². The first-order chi connectivity index (χ1) is 12.6. The number of hydrogen-bond acceptors (Lipinski definition) is 6. The fourth-order valence-electron chi connectivity index (χ4n) is 2.14. The molecule has 0 unspecified atom stereocenters. The first-order valence-corrected chi connectivity index (χ1v) is 7.99. The third-order valence-corrected chi connectivity index (χ3v) is 3.42. The summed E-state index contributed by atoms with van der Waals surface area (Å²) in [7, 11) is 3.06. The number of benzene rings is 2. The van der Waals surface area contributed by atoms with E-state index in [2.05, 4.69) is 5.32 Å². The van der Waals surface area contributed by atoms with Gasteiger partial charge in [-0.2, -0.15) is 0 Å². The lowest BCUT2D eigenvalue weighted by Gasteiger charge is -2.12. The highest BCUT2D eigenvalue weighted by molar-refractivity contribution is 5.93. The molecule has 2 aromatic carbocycles. The van der Waals surface area contributed by atoms with Crippen LogP contribution in [0.5, 0.6) is 17.2 Å². The number of amides is 1. The minimum atomic E-state index is -0.400. The second-order valence-corrected chi connectivity index (χ2v) is 5.15. The van der Waals surface area contributed by atoms with Crippen LogP contribution in [0.25, 0.3) is 0 Å².